The number of rotatable bonds is 17. The molecule has 0 rings (SSSR count). The van der Waals surface area contributed by atoms with Crippen LogP contribution in [0.1, 0.15) is 120 Å². The Kier molecular flexibility index (Phi) is 14.1. The van der Waals surface area contributed by atoms with E-state index in [0.717, 1.165) is 51.4 Å². The minimum atomic E-state index is 0.0384. The van der Waals surface area contributed by atoms with Gasteiger partial charge in [0, 0.05) is 0 Å². The third-order valence-electron chi connectivity index (χ3n) is 6.57. The van der Waals surface area contributed by atoms with Gasteiger partial charge in [-0.3, -0.25) is 0 Å². The maximum Gasteiger partial charge on any atom is 0.235 e. The van der Waals surface area contributed by atoms with Crippen LogP contribution in [0.2, 0.25) is 0 Å². The summed E-state index contributed by atoms with van der Waals surface area (Å²) in [6, 6.07) is 0.0767. The largest absolute Gasteiger partial charge is 0.235 e. The number of carbonyl (C=O) groups excluding carboxylic acids is 2. The van der Waals surface area contributed by atoms with Crippen molar-refractivity contribution in [3.05, 3.63) is 0 Å². The number of hydrogen-bond acceptors (Lipinski definition) is 4. The first-order valence-electron chi connectivity index (χ1n) is 12.1. The lowest BCUT2D eigenvalue weighted by Gasteiger charge is -2.31. The standard InChI is InChI=1S/C26H48N2O2/c1-9-21(3)15-25(5,6)17-23(27-19-29)13-11-12-14-24(28-20-30)18-26(7,8)16-22(4)10-2/h21-24H,9-18H2,1-8H3. The molecule has 4 unspecified atom stereocenters. The first-order chi connectivity index (χ1) is 14.0. The summed E-state index contributed by atoms with van der Waals surface area (Å²) >= 11 is 0. The highest BCUT2D eigenvalue weighted by molar-refractivity contribution is 5.33. The zero-order valence-electron chi connectivity index (χ0n) is 21.1. The fourth-order valence-electron chi connectivity index (χ4n) is 4.95. The summed E-state index contributed by atoms with van der Waals surface area (Å²) in [5.41, 5.74) is 0.343. The summed E-state index contributed by atoms with van der Waals surface area (Å²) in [5, 5.41) is 0. The van der Waals surface area contributed by atoms with E-state index in [1.54, 1.807) is 12.2 Å². The minimum absolute atomic E-state index is 0.0384. The lowest BCUT2D eigenvalue weighted by atomic mass is 9.76. The lowest BCUT2D eigenvalue weighted by Crippen LogP contribution is -2.23. The Labute approximate surface area is 186 Å². The van der Waals surface area contributed by atoms with E-state index in [2.05, 4.69) is 65.4 Å². The van der Waals surface area contributed by atoms with Gasteiger partial charge in [0.15, 0.2) is 0 Å². The van der Waals surface area contributed by atoms with E-state index >= 15 is 0 Å². The van der Waals surface area contributed by atoms with Crippen molar-refractivity contribution in [2.45, 2.75) is 132 Å². The summed E-state index contributed by atoms with van der Waals surface area (Å²) in [7, 11) is 0. The van der Waals surface area contributed by atoms with Crippen LogP contribution in [0.5, 0.6) is 0 Å². The van der Waals surface area contributed by atoms with Gasteiger partial charge in [-0.15, -0.1) is 0 Å². The van der Waals surface area contributed by atoms with Crippen molar-refractivity contribution in [1.82, 2.24) is 0 Å². The molecule has 0 saturated carbocycles. The Morgan fingerprint density at radius 2 is 1.00 bits per heavy atom. The normalized spacial score (nSPS) is 16.1. The zero-order valence-corrected chi connectivity index (χ0v) is 21.1. The van der Waals surface area contributed by atoms with E-state index in [9.17, 15) is 9.59 Å². The van der Waals surface area contributed by atoms with Crippen LogP contribution in [-0.4, -0.2) is 24.2 Å². The number of nitrogens with zero attached hydrogens (tertiary/aromatic N) is 2. The molecule has 0 saturated heterocycles. The second kappa shape index (κ2) is 14.7. The van der Waals surface area contributed by atoms with Crippen molar-refractivity contribution in [1.29, 1.82) is 0 Å². The van der Waals surface area contributed by atoms with E-state index in [0.29, 0.717) is 11.8 Å². The number of unbranched alkanes of at least 4 members (excludes halogenated alkanes) is 1. The van der Waals surface area contributed by atoms with Gasteiger partial charge in [-0.1, -0.05) is 81.1 Å². The van der Waals surface area contributed by atoms with Gasteiger partial charge in [0.2, 0.25) is 12.2 Å². The molecule has 0 bridgehead atoms. The summed E-state index contributed by atoms with van der Waals surface area (Å²) in [6.07, 6.45) is 13.8. The van der Waals surface area contributed by atoms with Gasteiger partial charge in [-0.05, 0) is 61.2 Å². The van der Waals surface area contributed by atoms with E-state index in [1.807, 2.05) is 0 Å². The molecule has 174 valence electrons. The molecule has 0 aliphatic rings. The maximum atomic E-state index is 10.9. The van der Waals surface area contributed by atoms with Crippen molar-refractivity contribution in [2.24, 2.45) is 32.7 Å². The molecule has 0 heterocycles. The molecular weight excluding hydrogens is 372 g/mol. The average Bonchev–Trinajstić information content (AvgIpc) is 2.63. The molecule has 0 aliphatic heterocycles. The van der Waals surface area contributed by atoms with Gasteiger partial charge in [-0.25, -0.2) is 19.6 Å². The van der Waals surface area contributed by atoms with Gasteiger partial charge in [0.1, 0.15) is 0 Å². The van der Waals surface area contributed by atoms with Crippen molar-refractivity contribution in [3.63, 3.8) is 0 Å². The Hall–Kier alpha value is -1.24. The molecule has 0 aliphatic carbocycles. The highest BCUT2D eigenvalue weighted by atomic mass is 16.1. The molecular formula is C26H48N2O2. The second-order valence-corrected chi connectivity index (χ2v) is 11.2. The summed E-state index contributed by atoms with van der Waals surface area (Å²) in [4.78, 5) is 30.1. The van der Waals surface area contributed by atoms with E-state index < -0.39 is 0 Å². The predicted octanol–water partition coefficient (Wildman–Crippen LogP) is 7.66. The molecule has 0 amide bonds. The van der Waals surface area contributed by atoms with Gasteiger partial charge in [-0.2, -0.15) is 0 Å². The SMILES string of the molecule is CCC(C)CC(C)(C)CC(CCCCC(CC(C)(C)CC(C)CC)N=C=O)N=C=O. The van der Waals surface area contributed by atoms with Crippen LogP contribution in [-0.2, 0) is 9.59 Å². The Morgan fingerprint density at radius 1 is 0.667 bits per heavy atom. The van der Waals surface area contributed by atoms with E-state index in [-0.39, 0.29) is 22.9 Å². The zero-order chi connectivity index (χ0) is 23.2. The van der Waals surface area contributed by atoms with Gasteiger partial charge < -0.3 is 0 Å². The van der Waals surface area contributed by atoms with Gasteiger partial charge in [0.25, 0.3) is 0 Å². The smallest absolute Gasteiger partial charge is 0.211 e. The molecule has 4 nitrogen and oxygen atoms in total. The first kappa shape index (κ1) is 28.8. The monoisotopic (exact) mass is 420 g/mol. The third-order valence-corrected chi connectivity index (χ3v) is 6.57. The Morgan fingerprint density at radius 3 is 1.27 bits per heavy atom. The highest BCUT2D eigenvalue weighted by Crippen LogP contribution is 2.35. The molecule has 0 aromatic rings. The van der Waals surface area contributed by atoms with Crippen molar-refractivity contribution in [2.75, 3.05) is 0 Å². The number of hydrogen-bond donors (Lipinski definition) is 0. The summed E-state index contributed by atoms with van der Waals surface area (Å²) in [5.74, 6) is 1.36. The minimum Gasteiger partial charge on any atom is -0.211 e. The topological polar surface area (TPSA) is 58.9 Å². The summed E-state index contributed by atoms with van der Waals surface area (Å²) in [6.45, 7) is 18.1. The number of isocyanates is 2. The summed E-state index contributed by atoms with van der Waals surface area (Å²) < 4.78 is 0. The molecule has 0 radical (unpaired) electrons. The maximum absolute atomic E-state index is 10.9. The molecule has 0 spiro atoms. The predicted molar refractivity (Wildman–Crippen MR) is 127 cm³/mol. The van der Waals surface area contributed by atoms with Crippen LogP contribution in [0.3, 0.4) is 0 Å². The average molecular weight is 421 g/mol. The lowest BCUT2D eigenvalue weighted by molar-refractivity contribution is 0.225. The van der Waals surface area contributed by atoms with E-state index in [4.69, 9.17) is 0 Å². The molecule has 0 aromatic carbocycles. The molecule has 4 heteroatoms. The van der Waals surface area contributed by atoms with E-state index in [1.165, 1.54) is 12.8 Å². The van der Waals surface area contributed by atoms with Crippen molar-refractivity contribution >= 4 is 12.2 Å². The van der Waals surface area contributed by atoms with Crippen LogP contribution in [0.4, 0.5) is 0 Å². The van der Waals surface area contributed by atoms with Crippen LogP contribution in [0, 0.1) is 22.7 Å². The molecule has 0 aromatic heterocycles. The second-order valence-electron chi connectivity index (χ2n) is 11.2. The Bertz CT molecular complexity index is 507. The first-order valence-corrected chi connectivity index (χ1v) is 12.1. The van der Waals surface area contributed by atoms with Crippen molar-refractivity contribution < 1.29 is 9.59 Å². The van der Waals surface area contributed by atoms with Crippen LogP contribution in [0.15, 0.2) is 9.98 Å². The number of aliphatic imine (C=N–C) groups is 2. The molecule has 0 N–H and O–H groups in total. The Balaban J connectivity index is 4.67. The fraction of sp³-hybridized carbons (Fsp3) is 0.923. The van der Waals surface area contributed by atoms with Crippen LogP contribution >= 0.6 is 0 Å². The quantitative estimate of drug-likeness (QED) is 0.138. The van der Waals surface area contributed by atoms with Crippen molar-refractivity contribution in [3.8, 4) is 0 Å². The van der Waals surface area contributed by atoms with Crippen LogP contribution < -0.4 is 0 Å². The molecule has 0 fully saturated rings. The van der Waals surface area contributed by atoms with Crippen LogP contribution in [0.25, 0.3) is 0 Å². The molecule has 4 atom stereocenters. The van der Waals surface area contributed by atoms with Gasteiger partial charge >= 0.3 is 0 Å². The molecule has 30 heavy (non-hydrogen) atoms. The highest BCUT2D eigenvalue weighted by Gasteiger charge is 2.26. The fourth-order valence-corrected chi connectivity index (χ4v) is 4.95. The third kappa shape index (κ3) is 13.9. The van der Waals surface area contributed by atoms with Gasteiger partial charge in [0.05, 0.1) is 12.1 Å².